The molecule has 0 fully saturated rings. The second-order valence-corrected chi connectivity index (χ2v) is 8.23. The molecule has 182 valence electrons. The number of halogens is 4. The number of nitriles is 1. The molecule has 0 saturated heterocycles. The molecule has 2 aromatic carbocycles. The molecule has 1 heterocycles. The van der Waals surface area contributed by atoms with Crippen molar-refractivity contribution in [1.82, 2.24) is 4.98 Å². The Morgan fingerprint density at radius 1 is 1.20 bits per heavy atom. The van der Waals surface area contributed by atoms with Gasteiger partial charge in [-0.3, -0.25) is 18.3 Å². The van der Waals surface area contributed by atoms with Gasteiger partial charge in [0.05, 0.1) is 45.0 Å². The van der Waals surface area contributed by atoms with E-state index < -0.39 is 33.9 Å². The lowest BCUT2D eigenvalue weighted by molar-refractivity contribution is -0.137. The largest absolute Gasteiger partial charge is 0.755 e. The SMILES string of the molecule is N#Cc1cc(N(c2ccc(CCC(N)=O)nc2)S(=O)[O-])ccc1Oc1ccc(Cl)c(C(F)(F)F)c1. The van der Waals surface area contributed by atoms with E-state index in [0.717, 1.165) is 10.4 Å². The van der Waals surface area contributed by atoms with Crippen LogP contribution in [0.3, 0.4) is 0 Å². The first-order valence-electron chi connectivity index (χ1n) is 9.71. The fourth-order valence-corrected chi connectivity index (χ4v) is 3.78. The Bertz CT molecular complexity index is 1310. The maximum atomic E-state index is 13.1. The van der Waals surface area contributed by atoms with Crippen molar-refractivity contribution in [2.24, 2.45) is 5.73 Å². The summed E-state index contributed by atoms with van der Waals surface area (Å²) in [4.78, 5) is 15.0. The number of hydrogen-bond acceptors (Lipinski definition) is 6. The fraction of sp³-hybridized carbons (Fsp3) is 0.136. The van der Waals surface area contributed by atoms with Gasteiger partial charge in [-0.15, -0.1) is 0 Å². The Morgan fingerprint density at radius 2 is 1.91 bits per heavy atom. The molecule has 0 spiro atoms. The molecule has 0 aliphatic carbocycles. The molecule has 0 bridgehead atoms. The molecule has 0 saturated carbocycles. The molecule has 3 aromatic rings. The number of primary amides is 1. The van der Waals surface area contributed by atoms with Gasteiger partial charge in [0.1, 0.15) is 17.6 Å². The van der Waals surface area contributed by atoms with Crippen LogP contribution in [0.4, 0.5) is 24.5 Å². The zero-order valence-corrected chi connectivity index (χ0v) is 19.2. The zero-order chi connectivity index (χ0) is 25.8. The molecule has 2 N–H and O–H groups in total. The number of carbonyl (C=O) groups is 1. The number of anilines is 2. The molecule has 13 heteroatoms. The van der Waals surface area contributed by atoms with Crippen LogP contribution in [0.5, 0.6) is 11.5 Å². The highest BCUT2D eigenvalue weighted by Gasteiger charge is 2.33. The summed E-state index contributed by atoms with van der Waals surface area (Å²) in [6.07, 6.45) is -3.08. The van der Waals surface area contributed by atoms with Gasteiger partial charge in [-0.1, -0.05) is 11.6 Å². The van der Waals surface area contributed by atoms with Crippen LogP contribution in [0, 0.1) is 11.3 Å². The van der Waals surface area contributed by atoms with E-state index in [0.29, 0.717) is 11.8 Å². The van der Waals surface area contributed by atoms with Crippen LogP contribution in [0.15, 0.2) is 54.7 Å². The monoisotopic (exact) mass is 523 g/mol. The van der Waals surface area contributed by atoms with Crippen molar-refractivity contribution in [3.8, 4) is 17.6 Å². The highest BCUT2D eigenvalue weighted by Crippen LogP contribution is 2.39. The summed E-state index contributed by atoms with van der Waals surface area (Å²) in [7, 11) is 0. The lowest BCUT2D eigenvalue weighted by Crippen LogP contribution is -2.20. The van der Waals surface area contributed by atoms with Crippen molar-refractivity contribution in [2.45, 2.75) is 19.0 Å². The Kier molecular flexibility index (Phi) is 7.96. The van der Waals surface area contributed by atoms with Crippen LogP contribution in [0.25, 0.3) is 0 Å². The van der Waals surface area contributed by atoms with E-state index in [2.05, 4.69) is 4.98 Å². The van der Waals surface area contributed by atoms with Crippen LogP contribution in [0.2, 0.25) is 5.02 Å². The van der Waals surface area contributed by atoms with E-state index in [9.17, 15) is 32.0 Å². The van der Waals surface area contributed by atoms with Gasteiger partial charge < -0.3 is 15.0 Å². The zero-order valence-electron chi connectivity index (χ0n) is 17.6. The highest BCUT2D eigenvalue weighted by molar-refractivity contribution is 7.81. The molecule has 0 radical (unpaired) electrons. The summed E-state index contributed by atoms with van der Waals surface area (Å²) in [5, 5.41) is 9.02. The van der Waals surface area contributed by atoms with Crippen LogP contribution in [-0.2, 0) is 28.7 Å². The Labute approximate surface area is 205 Å². The fourth-order valence-electron chi connectivity index (χ4n) is 2.99. The predicted octanol–water partition coefficient (Wildman–Crippen LogP) is 4.77. The molecule has 3 rings (SSSR count). The molecular formula is C22H15ClF3N4O4S-. The third-order valence-corrected chi connectivity index (χ3v) is 5.66. The lowest BCUT2D eigenvalue weighted by atomic mass is 10.1. The number of benzene rings is 2. The third kappa shape index (κ3) is 6.48. The van der Waals surface area contributed by atoms with Gasteiger partial charge in [0.15, 0.2) is 0 Å². The van der Waals surface area contributed by atoms with Crippen molar-refractivity contribution < 1.29 is 31.5 Å². The molecular weight excluding hydrogens is 509 g/mol. The summed E-state index contributed by atoms with van der Waals surface area (Å²) in [5.41, 5.74) is 4.59. The molecule has 1 aromatic heterocycles. The minimum Gasteiger partial charge on any atom is -0.755 e. The van der Waals surface area contributed by atoms with Gasteiger partial charge in [-0.2, -0.15) is 18.4 Å². The molecule has 35 heavy (non-hydrogen) atoms. The number of rotatable bonds is 8. The van der Waals surface area contributed by atoms with Gasteiger partial charge in [-0.05, 0) is 55.0 Å². The Hall–Kier alpha value is -3.66. The van der Waals surface area contributed by atoms with E-state index in [1.54, 1.807) is 0 Å². The first-order valence-corrected chi connectivity index (χ1v) is 11.1. The van der Waals surface area contributed by atoms with E-state index in [4.69, 9.17) is 22.1 Å². The van der Waals surface area contributed by atoms with E-state index >= 15 is 0 Å². The third-order valence-electron chi connectivity index (χ3n) is 4.61. The van der Waals surface area contributed by atoms with Gasteiger partial charge >= 0.3 is 6.18 Å². The van der Waals surface area contributed by atoms with Gasteiger partial charge in [0, 0.05) is 12.1 Å². The van der Waals surface area contributed by atoms with Crippen molar-refractivity contribution in [3.63, 3.8) is 0 Å². The number of nitrogens with zero attached hydrogens (tertiary/aromatic N) is 3. The normalized spacial score (nSPS) is 12.0. The maximum Gasteiger partial charge on any atom is 0.417 e. The number of aryl methyl sites for hydroxylation is 1. The second-order valence-electron chi connectivity index (χ2n) is 7.02. The summed E-state index contributed by atoms with van der Waals surface area (Å²) >= 11 is 2.80. The first kappa shape index (κ1) is 26.0. The lowest BCUT2D eigenvalue weighted by Gasteiger charge is -2.26. The number of hydrogen-bond donors (Lipinski definition) is 1. The molecule has 0 aliphatic heterocycles. The number of alkyl halides is 3. The van der Waals surface area contributed by atoms with Crippen LogP contribution < -0.4 is 14.8 Å². The Morgan fingerprint density at radius 3 is 2.49 bits per heavy atom. The molecule has 1 amide bonds. The first-order chi connectivity index (χ1) is 16.5. The molecule has 0 aliphatic rings. The number of nitrogens with two attached hydrogens (primary N) is 1. The van der Waals surface area contributed by atoms with E-state index in [-0.39, 0.29) is 41.3 Å². The van der Waals surface area contributed by atoms with Crippen LogP contribution in [-0.4, -0.2) is 19.7 Å². The molecule has 1 unspecified atom stereocenters. The highest BCUT2D eigenvalue weighted by atomic mass is 35.5. The predicted molar refractivity (Wildman–Crippen MR) is 120 cm³/mol. The second kappa shape index (κ2) is 10.7. The average Bonchev–Trinajstić information content (AvgIpc) is 2.79. The van der Waals surface area contributed by atoms with Crippen LogP contribution >= 0.6 is 11.6 Å². The number of ether oxygens (including phenoxy) is 1. The van der Waals surface area contributed by atoms with E-state index in [1.807, 2.05) is 6.07 Å². The Balaban J connectivity index is 1.90. The van der Waals surface area contributed by atoms with Gasteiger partial charge in [0.2, 0.25) is 5.91 Å². The standard InChI is InChI=1S/C22H16ClF3N4O4S/c23-19-6-5-17(10-18(19)22(24,25)26)34-20-7-4-15(9-13(20)11-27)30(35(32)33)16-3-1-14(29-12-16)2-8-21(28)31/h1,3-7,9-10,12H,2,8H2,(H2,28,31)(H,32,33)/p-1. The summed E-state index contributed by atoms with van der Waals surface area (Å²) in [5.74, 6) is -0.813. The smallest absolute Gasteiger partial charge is 0.417 e. The number of pyridine rings is 1. The number of aromatic nitrogens is 1. The summed E-state index contributed by atoms with van der Waals surface area (Å²) in [6.45, 7) is 0. The number of carbonyl (C=O) groups excluding carboxylic acids is 1. The topological polar surface area (TPSA) is 132 Å². The minimum atomic E-state index is -4.71. The van der Waals surface area contributed by atoms with Gasteiger partial charge in [-0.25, -0.2) is 0 Å². The van der Waals surface area contributed by atoms with Crippen molar-refractivity contribution in [1.29, 1.82) is 5.26 Å². The summed E-state index contributed by atoms with van der Waals surface area (Å²) in [6, 6.07) is 11.5. The van der Waals surface area contributed by atoms with Crippen molar-refractivity contribution in [2.75, 3.05) is 4.31 Å². The maximum absolute atomic E-state index is 13.1. The van der Waals surface area contributed by atoms with Crippen LogP contribution in [0.1, 0.15) is 23.2 Å². The number of amides is 1. The quantitative estimate of drug-likeness (QED) is 0.423. The van der Waals surface area contributed by atoms with Crippen molar-refractivity contribution in [3.05, 3.63) is 76.6 Å². The van der Waals surface area contributed by atoms with E-state index in [1.165, 1.54) is 42.6 Å². The summed E-state index contributed by atoms with van der Waals surface area (Å²) < 4.78 is 69.5. The average molecular weight is 524 g/mol. The molecule has 1 atom stereocenters. The van der Waals surface area contributed by atoms with Crippen molar-refractivity contribution >= 4 is 40.1 Å². The minimum absolute atomic E-state index is 0.0565. The van der Waals surface area contributed by atoms with Gasteiger partial charge in [0.25, 0.3) is 0 Å². The molecule has 8 nitrogen and oxygen atoms in total.